The zero-order valence-electron chi connectivity index (χ0n) is 15.0. The first kappa shape index (κ1) is 17.9. The second kappa shape index (κ2) is 7.63. The summed E-state index contributed by atoms with van der Waals surface area (Å²) in [5, 5.41) is 9.42. The maximum absolute atomic E-state index is 12.8. The van der Waals surface area contributed by atoms with Crippen LogP contribution < -0.4 is 11.0 Å². The van der Waals surface area contributed by atoms with Crippen molar-refractivity contribution in [1.29, 1.82) is 0 Å². The van der Waals surface area contributed by atoms with Gasteiger partial charge in [0.1, 0.15) is 18.4 Å². The first-order chi connectivity index (χ1) is 13.1. The lowest BCUT2D eigenvalue weighted by atomic mass is 10.2. The van der Waals surface area contributed by atoms with E-state index < -0.39 is 6.04 Å². The van der Waals surface area contributed by atoms with Gasteiger partial charge in [-0.3, -0.25) is 14.2 Å². The van der Waals surface area contributed by atoms with E-state index in [1.807, 2.05) is 0 Å². The number of aryl methyl sites for hydroxylation is 1. The monoisotopic (exact) mass is 390 g/mol. The van der Waals surface area contributed by atoms with Gasteiger partial charge in [-0.25, -0.2) is 14.5 Å². The summed E-state index contributed by atoms with van der Waals surface area (Å²) in [5.41, 5.74) is -0.233. The predicted molar refractivity (Wildman–Crippen MR) is 99.5 cm³/mol. The molecule has 2 aromatic rings. The Hall–Kier alpha value is -2.49. The maximum atomic E-state index is 12.8. The number of rotatable bonds is 4. The summed E-state index contributed by atoms with van der Waals surface area (Å²) in [4.78, 5) is 43.5. The lowest BCUT2D eigenvalue weighted by molar-refractivity contribution is -0.137. The molecule has 2 aliphatic rings. The lowest BCUT2D eigenvalue weighted by Gasteiger charge is -2.23. The molecule has 0 spiro atoms. The molecule has 9 nitrogen and oxygen atoms in total. The predicted octanol–water partition coefficient (Wildman–Crippen LogP) is 0.857. The first-order valence-electron chi connectivity index (χ1n) is 9.30. The first-order valence-corrected chi connectivity index (χ1v) is 10.2. The second-order valence-electron chi connectivity index (χ2n) is 6.89. The number of hydrogen-bond donors (Lipinski definition) is 1. The smallest absolute Gasteiger partial charge is 0.329 e. The molecule has 10 heteroatoms. The van der Waals surface area contributed by atoms with E-state index in [-0.39, 0.29) is 24.0 Å². The molecule has 0 saturated carbocycles. The van der Waals surface area contributed by atoms with Gasteiger partial charge in [0.25, 0.3) is 0 Å². The molecule has 1 saturated heterocycles. The molecule has 4 rings (SSSR count). The number of amides is 2. The Morgan fingerprint density at radius 3 is 2.93 bits per heavy atom. The van der Waals surface area contributed by atoms with Crippen LogP contribution in [0.5, 0.6) is 0 Å². The van der Waals surface area contributed by atoms with Gasteiger partial charge < -0.3 is 10.2 Å². The van der Waals surface area contributed by atoms with E-state index in [0.717, 1.165) is 37.9 Å². The van der Waals surface area contributed by atoms with Crippen LogP contribution in [0.15, 0.2) is 16.4 Å². The topological polar surface area (TPSA) is 102 Å². The zero-order valence-corrected chi connectivity index (χ0v) is 15.8. The Kier molecular flexibility index (Phi) is 5.06. The third kappa shape index (κ3) is 3.66. The average molecular weight is 390 g/mol. The van der Waals surface area contributed by atoms with Crippen molar-refractivity contribution in [3.8, 4) is 0 Å². The van der Waals surface area contributed by atoms with Crippen molar-refractivity contribution in [3.63, 3.8) is 0 Å². The molecule has 1 unspecified atom stereocenters. The highest BCUT2D eigenvalue weighted by Crippen LogP contribution is 2.20. The van der Waals surface area contributed by atoms with Crippen LogP contribution in [0.1, 0.15) is 37.9 Å². The molecule has 0 aromatic carbocycles. The van der Waals surface area contributed by atoms with E-state index in [0.29, 0.717) is 24.6 Å². The molecule has 1 fully saturated rings. The Morgan fingerprint density at radius 1 is 1.22 bits per heavy atom. The zero-order chi connectivity index (χ0) is 18.8. The summed E-state index contributed by atoms with van der Waals surface area (Å²) >= 11 is 1.34. The fourth-order valence-electron chi connectivity index (χ4n) is 3.76. The van der Waals surface area contributed by atoms with Crippen LogP contribution in [0.25, 0.3) is 0 Å². The molecule has 0 radical (unpaired) electrons. The number of hydrogen-bond acceptors (Lipinski definition) is 6. The van der Waals surface area contributed by atoms with Crippen LogP contribution in [-0.2, 0) is 29.1 Å². The summed E-state index contributed by atoms with van der Waals surface area (Å²) in [7, 11) is 0. The highest BCUT2D eigenvalue weighted by Gasteiger charge is 2.35. The van der Waals surface area contributed by atoms with Crippen LogP contribution >= 0.6 is 11.3 Å². The maximum Gasteiger partial charge on any atom is 0.346 e. The van der Waals surface area contributed by atoms with E-state index in [4.69, 9.17) is 0 Å². The number of nitrogens with one attached hydrogen (secondary N) is 1. The molecule has 0 aliphatic carbocycles. The minimum atomic E-state index is -0.530. The number of anilines is 1. The molecular weight excluding hydrogens is 368 g/mol. The molecule has 2 aliphatic heterocycles. The minimum absolute atomic E-state index is 0.125. The van der Waals surface area contributed by atoms with Crippen molar-refractivity contribution in [2.75, 3.05) is 11.9 Å². The summed E-state index contributed by atoms with van der Waals surface area (Å²) < 4.78 is 2.92. The Bertz CT molecular complexity index is 887. The van der Waals surface area contributed by atoms with Gasteiger partial charge in [-0.15, -0.1) is 11.3 Å². The number of thiazole rings is 1. The number of aromatic nitrogens is 4. The van der Waals surface area contributed by atoms with Crippen molar-refractivity contribution < 1.29 is 9.59 Å². The Balaban J connectivity index is 1.46. The van der Waals surface area contributed by atoms with Crippen molar-refractivity contribution in [2.24, 2.45) is 0 Å². The summed E-state index contributed by atoms with van der Waals surface area (Å²) in [5.74, 6) is 0.274. The molecule has 1 atom stereocenters. The quantitative estimate of drug-likeness (QED) is 0.834. The number of fused-ring (bicyclic) bond motifs is 1. The van der Waals surface area contributed by atoms with Crippen LogP contribution in [0.4, 0.5) is 5.13 Å². The van der Waals surface area contributed by atoms with Crippen molar-refractivity contribution in [2.45, 2.75) is 57.7 Å². The van der Waals surface area contributed by atoms with Crippen molar-refractivity contribution in [1.82, 2.24) is 24.2 Å². The van der Waals surface area contributed by atoms with Crippen molar-refractivity contribution >= 4 is 28.3 Å². The van der Waals surface area contributed by atoms with Crippen LogP contribution in [0, 0.1) is 0 Å². The number of likely N-dealkylation sites (tertiary alicyclic amines) is 1. The molecule has 4 heterocycles. The molecule has 27 heavy (non-hydrogen) atoms. The van der Waals surface area contributed by atoms with Gasteiger partial charge in [-0.1, -0.05) is 6.42 Å². The van der Waals surface area contributed by atoms with E-state index in [1.165, 1.54) is 16.0 Å². The van der Waals surface area contributed by atoms with Gasteiger partial charge in [-0.05, 0) is 25.7 Å². The van der Waals surface area contributed by atoms with E-state index in [2.05, 4.69) is 15.4 Å². The number of carbonyl (C=O) groups excluding carboxylic acids is 2. The SMILES string of the molecule is O=C(Nc1nccs1)C1CCCN1C(=O)Cn1nc2n(c1=O)CCCCC2. The lowest BCUT2D eigenvalue weighted by Crippen LogP contribution is -2.45. The van der Waals surface area contributed by atoms with E-state index in [9.17, 15) is 14.4 Å². The Morgan fingerprint density at radius 2 is 2.11 bits per heavy atom. The second-order valence-corrected chi connectivity index (χ2v) is 7.78. The molecule has 1 N–H and O–H groups in total. The summed E-state index contributed by atoms with van der Waals surface area (Å²) in [6.07, 6.45) is 6.80. The summed E-state index contributed by atoms with van der Waals surface area (Å²) in [6.45, 7) is 1.04. The van der Waals surface area contributed by atoms with E-state index in [1.54, 1.807) is 21.0 Å². The fraction of sp³-hybridized carbons (Fsp3) is 0.588. The molecular formula is C17H22N6O3S. The number of nitrogens with zero attached hydrogens (tertiary/aromatic N) is 5. The third-order valence-corrected chi connectivity index (χ3v) is 5.79. The van der Waals surface area contributed by atoms with E-state index >= 15 is 0 Å². The van der Waals surface area contributed by atoms with Crippen LogP contribution in [-0.4, -0.2) is 48.6 Å². The van der Waals surface area contributed by atoms with Crippen LogP contribution in [0.2, 0.25) is 0 Å². The van der Waals surface area contributed by atoms with Gasteiger partial charge >= 0.3 is 5.69 Å². The molecule has 144 valence electrons. The third-order valence-electron chi connectivity index (χ3n) is 5.10. The fourth-order valence-corrected chi connectivity index (χ4v) is 4.29. The van der Waals surface area contributed by atoms with Gasteiger partial charge in [0.15, 0.2) is 5.13 Å². The molecule has 2 amide bonds. The minimum Gasteiger partial charge on any atom is -0.329 e. The highest BCUT2D eigenvalue weighted by atomic mass is 32.1. The summed E-state index contributed by atoms with van der Waals surface area (Å²) in [6, 6.07) is -0.530. The normalized spacial score (nSPS) is 19.6. The molecule has 2 aromatic heterocycles. The van der Waals surface area contributed by atoms with Crippen LogP contribution in [0.3, 0.4) is 0 Å². The van der Waals surface area contributed by atoms with Gasteiger partial charge in [0.2, 0.25) is 11.8 Å². The van der Waals surface area contributed by atoms with Gasteiger partial charge in [0.05, 0.1) is 0 Å². The number of carbonyl (C=O) groups is 2. The largest absolute Gasteiger partial charge is 0.346 e. The van der Waals surface area contributed by atoms with Gasteiger partial charge in [-0.2, -0.15) is 5.10 Å². The van der Waals surface area contributed by atoms with Gasteiger partial charge in [0, 0.05) is 31.1 Å². The average Bonchev–Trinajstić information content (AvgIpc) is 3.35. The Labute approximate surface area is 160 Å². The highest BCUT2D eigenvalue weighted by molar-refractivity contribution is 7.13. The molecule has 0 bridgehead atoms. The van der Waals surface area contributed by atoms with Crippen molar-refractivity contribution in [3.05, 3.63) is 27.9 Å². The standard InChI is InChI=1S/C17H22N6O3S/c24-14(11-23-17(26)22-8-3-1-2-6-13(22)20-23)21-9-4-5-12(21)15(25)19-16-18-7-10-27-16/h7,10,12H,1-6,8-9,11H2,(H,18,19,25).